The second-order valence-electron chi connectivity index (χ2n) is 1.37. The van der Waals surface area contributed by atoms with Crippen LogP contribution in [0.25, 0.3) is 0 Å². The number of hydrogen-bond donors (Lipinski definition) is 3. The number of aliphatic hydroxyl groups excluding tert-OH is 2. The van der Waals surface area contributed by atoms with Gasteiger partial charge in [0.15, 0.2) is 0 Å². The minimum atomic E-state index is -1.79. The molecule has 0 saturated carbocycles. The zero-order valence-corrected chi connectivity index (χ0v) is 4.44. The van der Waals surface area contributed by atoms with Gasteiger partial charge in [-0.3, -0.25) is 4.79 Å². The highest BCUT2D eigenvalue weighted by atomic mass is 16.4. The molecule has 0 saturated heterocycles. The number of hydrogen-bond acceptors (Lipinski definition) is 4. The Morgan fingerprint density at radius 2 is 1.89 bits per heavy atom. The van der Waals surface area contributed by atoms with Crippen molar-refractivity contribution in [1.82, 2.24) is 0 Å². The maximum atomic E-state index is 10.1. The molecule has 0 radical (unpaired) electrons. The van der Waals surface area contributed by atoms with E-state index in [2.05, 4.69) is 0 Å². The van der Waals surface area contributed by atoms with E-state index >= 15 is 0 Å². The predicted molar refractivity (Wildman–Crippen MR) is 25.7 cm³/mol. The largest absolute Gasteiger partial charge is 0.475 e. The van der Waals surface area contributed by atoms with Crippen LogP contribution in [0.5, 0.6) is 0 Å². The fourth-order valence-corrected chi connectivity index (χ4v) is 0.225. The predicted octanol–water partition coefficient (Wildman–Crippen LogP) is -2.01. The summed E-state index contributed by atoms with van der Waals surface area (Å²) in [6.45, 7) is -0.856. The van der Waals surface area contributed by atoms with E-state index in [9.17, 15) is 9.59 Å². The molecule has 0 rings (SSSR count). The van der Waals surface area contributed by atoms with Crippen molar-refractivity contribution in [2.24, 2.45) is 0 Å². The van der Waals surface area contributed by atoms with Crippen molar-refractivity contribution in [3.8, 4) is 0 Å². The molecular weight excluding hydrogens is 128 g/mol. The van der Waals surface area contributed by atoms with E-state index < -0.39 is 24.5 Å². The van der Waals surface area contributed by atoms with Gasteiger partial charge < -0.3 is 15.3 Å². The number of aliphatic carboxylic acids is 1. The summed E-state index contributed by atoms with van der Waals surface area (Å²) in [6.07, 6.45) is -1.79. The van der Waals surface area contributed by atoms with E-state index in [1.807, 2.05) is 0 Å². The zero-order chi connectivity index (χ0) is 7.44. The maximum absolute atomic E-state index is 10.1. The third-order valence-electron chi connectivity index (χ3n) is 0.686. The molecule has 5 heteroatoms. The summed E-state index contributed by atoms with van der Waals surface area (Å²) in [5.41, 5.74) is 0. The van der Waals surface area contributed by atoms with Gasteiger partial charge in [-0.1, -0.05) is 0 Å². The van der Waals surface area contributed by atoms with Gasteiger partial charge in [-0.25, -0.2) is 4.79 Å². The Balaban J connectivity index is 3.88. The van der Waals surface area contributed by atoms with Crippen molar-refractivity contribution in [3.05, 3.63) is 0 Å². The van der Waals surface area contributed by atoms with E-state index in [1.165, 1.54) is 0 Å². The van der Waals surface area contributed by atoms with Crippen LogP contribution in [-0.2, 0) is 9.59 Å². The van der Waals surface area contributed by atoms with Crippen molar-refractivity contribution in [3.63, 3.8) is 0 Å². The number of carboxylic acids is 1. The normalized spacial score (nSPS) is 12.7. The zero-order valence-electron chi connectivity index (χ0n) is 4.44. The minimum Gasteiger partial charge on any atom is -0.475 e. The number of ketones is 1. The van der Waals surface area contributed by atoms with Gasteiger partial charge in [0, 0.05) is 0 Å². The Labute approximate surface area is 50.5 Å². The molecule has 0 aromatic rings. The summed E-state index contributed by atoms with van der Waals surface area (Å²) >= 11 is 0. The van der Waals surface area contributed by atoms with Crippen molar-refractivity contribution >= 4 is 11.8 Å². The number of carbonyl (C=O) groups excluding carboxylic acids is 1. The Kier molecular flexibility index (Phi) is 2.83. The maximum Gasteiger partial charge on any atom is 0.375 e. The van der Waals surface area contributed by atoms with E-state index in [4.69, 9.17) is 15.3 Å². The summed E-state index contributed by atoms with van der Waals surface area (Å²) in [5.74, 6) is -3.13. The van der Waals surface area contributed by atoms with Crippen LogP contribution in [0.4, 0.5) is 0 Å². The first kappa shape index (κ1) is 8.06. The summed E-state index contributed by atoms with van der Waals surface area (Å²) in [5, 5.41) is 24.2. The van der Waals surface area contributed by atoms with Crippen LogP contribution in [0.15, 0.2) is 0 Å². The standard InChI is InChI=1S/C4H6O5/c5-1-2(6)3(7)4(8)9/h2,5-6H,1H2,(H,8,9)/t2-/m1/s1. The van der Waals surface area contributed by atoms with E-state index in [-0.39, 0.29) is 0 Å². The average Bonchev–Trinajstić information content (AvgIpc) is 1.84. The van der Waals surface area contributed by atoms with E-state index in [1.54, 1.807) is 0 Å². The van der Waals surface area contributed by atoms with Gasteiger partial charge in [-0.2, -0.15) is 0 Å². The third-order valence-corrected chi connectivity index (χ3v) is 0.686. The molecule has 0 aliphatic heterocycles. The lowest BCUT2D eigenvalue weighted by molar-refractivity contribution is -0.154. The molecule has 0 bridgehead atoms. The second-order valence-corrected chi connectivity index (χ2v) is 1.37. The second kappa shape index (κ2) is 3.16. The van der Waals surface area contributed by atoms with E-state index in [0.717, 1.165) is 0 Å². The molecule has 0 heterocycles. The Bertz CT molecular complexity index is 129. The first-order chi connectivity index (χ1) is 4.09. The Morgan fingerprint density at radius 1 is 1.44 bits per heavy atom. The van der Waals surface area contributed by atoms with E-state index in [0.29, 0.717) is 0 Å². The quantitative estimate of drug-likeness (QED) is 0.388. The van der Waals surface area contributed by atoms with Gasteiger partial charge in [0.25, 0.3) is 5.78 Å². The highest BCUT2D eigenvalue weighted by Gasteiger charge is 2.20. The summed E-state index contributed by atoms with van der Waals surface area (Å²) < 4.78 is 0. The van der Waals surface area contributed by atoms with Crippen LogP contribution in [0.2, 0.25) is 0 Å². The molecule has 0 amide bonds. The minimum absolute atomic E-state index is 0.856. The Hall–Kier alpha value is -0.940. The molecule has 0 aliphatic rings. The van der Waals surface area contributed by atoms with Crippen molar-refractivity contribution < 1.29 is 24.9 Å². The first-order valence-electron chi connectivity index (χ1n) is 2.15. The molecule has 1 atom stereocenters. The molecule has 9 heavy (non-hydrogen) atoms. The molecule has 0 aromatic heterocycles. The molecule has 0 aromatic carbocycles. The van der Waals surface area contributed by atoms with Crippen LogP contribution in [0.3, 0.4) is 0 Å². The van der Waals surface area contributed by atoms with Crippen molar-refractivity contribution in [1.29, 1.82) is 0 Å². The highest BCUT2D eigenvalue weighted by Crippen LogP contribution is 1.82. The van der Waals surface area contributed by atoms with Crippen molar-refractivity contribution in [2.45, 2.75) is 6.10 Å². The highest BCUT2D eigenvalue weighted by molar-refractivity contribution is 6.34. The third kappa shape index (κ3) is 2.20. The molecule has 0 aliphatic carbocycles. The SMILES string of the molecule is O=C(O)C(=O)[C@H](O)CO. The van der Waals surface area contributed by atoms with Gasteiger partial charge >= 0.3 is 5.97 Å². The fraction of sp³-hybridized carbons (Fsp3) is 0.500. The smallest absolute Gasteiger partial charge is 0.375 e. The van der Waals surface area contributed by atoms with Gasteiger partial charge in [0.05, 0.1) is 6.61 Å². The molecule has 52 valence electrons. The number of rotatable bonds is 3. The number of Topliss-reactive ketones (excluding diaryl/α,β-unsaturated/α-hetero) is 1. The molecule has 3 N–H and O–H groups in total. The average molecular weight is 134 g/mol. The number of carbonyl (C=O) groups is 2. The van der Waals surface area contributed by atoms with Crippen LogP contribution < -0.4 is 0 Å². The van der Waals surface area contributed by atoms with Crippen LogP contribution in [-0.4, -0.2) is 39.8 Å². The number of aliphatic hydroxyl groups is 2. The molecule has 0 spiro atoms. The molecular formula is C4H6O5. The Morgan fingerprint density at radius 3 is 2.00 bits per heavy atom. The van der Waals surface area contributed by atoms with Gasteiger partial charge in [0.2, 0.25) is 0 Å². The van der Waals surface area contributed by atoms with Gasteiger partial charge in [-0.05, 0) is 0 Å². The summed E-state index contributed by atoms with van der Waals surface area (Å²) in [7, 11) is 0. The number of carboxylic acid groups (broad SMARTS) is 1. The fourth-order valence-electron chi connectivity index (χ4n) is 0.225. The van der Waals surface area contributed by atoms with Crippen LogP contribution in [0.1, 0.15) is 0 Å². The topological polar surface area (TPSA) is 94.8 Å². The summed E-state index contributed by atoms with van der Waals surface area (Å²) in [4.78, 5) is 19.7. The van der Waals surface area contributed by atoms with Crippen LogP contribution >= 0.6 is 0 Å². The molecule has 5 nitrogen and oxygen atoms in total. The molecule has 0 unspecified atom stereocenters. The molecule has 0 fully saturated rings. The lowest BCUT2D eigenvalue weighted by Crippen LogP contribution is -2.30. The lowest BCUT2D eigenvalue weighted by Gasteiger charge is -1.98. The van der Waals surface area contributed by atoms with Crippen molar-refractivity contribution in [2.75, 3.05) is 6.61 Å². The van der Waals surface area contributed by atoms with Crippen LogP contribution in [0, 0.1) is 0 Å². The lowest BCUT2D eigenvalue weighted by atomic mass is 10.2. The monoisotopic (exact) mass is 134 g/mol. The first-order valence-corrected chi connectivity index (χ1v) is 2.15. The summed E-state index contributed by atoms with van der Waals surface area (Å²) in [6, 6.07) is 0. The van der Waals surface area contributed by atoms with Gasteiger partial charge in [-0.15, -0.1) is 0 Å². The van der Waals surface area contributed by atoms with Gasteiger partial charge in [0.1, 0.15) is 6.10 Å².